The van der Waals surface area contributed by atoms with Crippen molar-refractivity contribution < 1.29 is 18.7 Å². The Morgan fingerprint density at radius 2 is 1.94 bits per heavy atom. The lowest BCUT2D eigenvalue weighted by molar-refractivity contribution is 0.0991. The number of Topliss-reactive ketones (excluding diaryl/α,β-unsaturated/α-hetero) is 1. The lowest BCUT2D eigenvalue weighted by atomic mass is 10.1. The summed E-state index contributed by atoms with van der Waals surface area (Å²) in [5, 5.41) is 9.08. The highest BCUT2D eigenvalue weighted by Crippen LogP contribution is 2.32. The predicted molar refractivity (Wildman–Crippen MR) is 127 cm³/mol. The molecule has 0 saturated carbocycles. The van der Waals surface area contributed by atoms with E-state index in [1.165, 1.54) is 18.9 Å². The van der Waals surface area contributed by atoms with Crippen LogP contribution < -0.4 is 9.47 Å². The topological polar surface area (TPSA) is 79.4 Å². The van der Waals surface area contributed by atoms with E-state index in [4.69, 9.17) is 13.9 Å². The lowest BCUT2D eigenvalue weighted by Crippen LogP contribution is -2.16. The Hall–Kier alpha value is -3.52. The maximum atomic E-state index is 13.3. The molecule has 0 bridgehead atoms. The largest absolute Gasteiger partial charge is 0.497 e. The van der Waals surface area contributed by atoms with Crippen molar-refractivity contribution in [1.29, 1.82) is 0 Å². The van der Waals surface area contributed by atoms with Crippen LogP contribution in [0.4, 0.5) is 0 Å². The van der Waals surface area contributed by atoms with Crippen LogP contribution in [0.2, 0.25) is 0 Å². The highest BCUT2D eigenvalue weighted by molar-refractivity contribution is 8.00. The standard InChI is InChI=1S/C25H25N3O4S/c1-16-7-5-8-18(13-16)24-26-27-25(28(24)15-20-9-6-12-32-20)33-17(2)23(29)21-11-10-19(30-3)14-22(21)31-4/h5-14,17H,15H2,1-4H3. The smallest absolute Gasteiger partial charge is 0.192 e. The fourth-order valence-electron chi connectivity index (χ4n) is 3.51. The lowest BCUT2D eigenvalue weighted by Gasteiger charge is -2.15. The number of carbonyl (C=O) groups excluding carboxylic acids is 1. The van der Waals surface area contributed by atoms with E-state index >= 15 is 0 Å². The average Bonchev–Trinajstić information content (AvgIpc) is 3.48. The molecule has 0 spiro atoms. The van der Waals surface area contributed by atoms with Gasteiger partial charge in [-0.1, -0.05) is 35.5 Å². The number of thioether (sulfide) groups is 1. The Labute approximate surface area is 196 Å². The molecule has 0 fully saturated rings. The van der Waals surface area contributed by atoms with Crippen molar-refractivity contribution in [2.24, 2.45) is 0 Å². The zero-order valence-electron chi connectivity index (χ0n) is 18.9. The van der Waals surface area contributed by atoms with Crippen LogP contribution in [0.1, 0.15) is 28.6 Å². The minimum Gasteiger partial charge on any atom is -0.497 e. The molecule has 0 radical (unpaired) electrons. The third-order valence-corrected chi connectivity index (χ3v) is 6.29. The Morgan fingerprint density at radius 1 is 1.09 bits per heavy atom. The molecule has 4 aromatic rings. The number of benzene rings is 2. The van der Waals surface area contributed by atoms with Gasteiger partial charge in [-0.25, -0.2) is 0 Å². The molecule has 33 heavy (non-hydrogen) atoms. The van der Waals surface area contributed by atoms with Crippen molar-refractivity contribution in [2.45, 2.75) is 30.8 Å². The van der Waals surface area contributed by atoms with Gasteiger partial charge in [-0.2, -0.15) is 0 Å². The number of ketones is 1. The molecule has 0 N–H and O–H groups in total. The third-order valence-electron chi connectivity index (χ3n) is 5.21. The molecule has 2 heterocycles. The maximum Gasteiger partial charge on any atom is 0.192 e. The number of aryl methyl sites for hydroxylation is 1. The van der Waals surface area contributed by atoms with Crippen LogP contribution in [0.25, 0.3) is 11.4 Å². The zero-order valence-corrected chi connectivity index (χ0v) is 19.8. The van der Waals surface area contributed by atoms with Crippen molar-refractivity contribution in [3.63, 3.8) is 0 Å². The number of aromatic nitrogens is 3. The molecular formula is C25H25N3O4S. The second-order valence-corrected chi connectivity index (χ2v) is 8.84. The summed E-state index contributed by atoms with van der Waals surface area (Å²) >= 11 is 1.36. The molecule has 4 rings (SSSR count). The summed E-state index contributed by atoms with van der Waals surface area (Å²) in [6.07, 6.45) is 1.64. The van der Waals surface area contributed by atoms with Gasteiger partial charge in [0.15, 0.2) is 16.8 Å². The van der Waals surface area contributed by atoms with Gasteiger partial charge < -0.3 is 13.9 Å². The van der Waals surface area contributed by atoms with E-state index in [9.17, 15) is 4.79 Å². The van der Waals surface area contributed by atoms with E-state index in [-0.39, 0.29) is 5.78 Å². The van der Waals surface area contributed by atoms with Gasteiger partial charge in [0.25, 0.3) is 0 Å². The molecular weight excluding hydrogens is 438 g/mol. The van der Waals surface area contributed by atoms with Crippen LogP contribution in [0.3, 0.4) is 0 Å². The molecule has 0 amide bonds. The highest BCUT2D eigenvalue weighted by Gasteiger charge is 2.24. The first-order valence-corrected chi connectivity index (χ1v) is 11.3. The van der Waals surface area contributed by atoms with Gasteiger partial charge in [-0.05, 0) is 44.2 Å². The number of hydrogen-bond donors (Lipinski definition) is 0. The van der Waals surface area contributed by atoms with Crippen molar-refractivity contribution >= 4 is 17.5 Å². The molecule has 0 aliphatic carbocycles. The van der Waals surface area contributed by atoms with Gasteiger partial charge in [0.05, 0.1) is 37.8 Å². The minimum atomic E-state index is -0.419. The van der Waals surface area contributed by atoms with Crippen LogP contribution in [-0.4, -0.2) is 40.0 Å². The summed E-state index contributed by atoms with van der Waals surface area (Å²) in [4.78, 5) is 13.3. The van der Waals surface area contributed by atoms with Crippen LogP contribution in [0.5, 0.6) is 11.5 Å². The van der Waals surface area contributed by atoms with Gasteiger partial charge in [0.2, 0.25) is 0 Å². The van der Waals surface area contributed by atoms with Crippen LogP contribution in [0.15, 0.2) is 70.4 Å². The second-order valence-electron chi connectivity index (χ2n) is 7.53. The molecule has 170 valence electrons. The van der Waals surface area contributed by atoms with Gasteiger partial charge in [-0.15, -0.1) is 10.2 Å². The third kappa shape index (κ3) is 4.96. The van der Waals surface area contributed by atoms with E-state index in [0.29, 0.717) is 28.8 Å². The molecule has 8 heteroatoms. The second kappa shape index (κ2) is 9.95. The summed E-state index contributed by atoms with van der Waals surface area (Å²) in [5.74, 6) is 2.54. The normalized spacial score (nSPS) is 11.9. The van der Waals surface area contributed by atoms with E-state index in [1.807, 2.05) is 48.7 Å². The summed E-state index contributed by atoms with van der Waals surface area (Å²) in [6.45, 7) is 4.35. The molecule has 0 aliphatic heterocycles. The fourth-order valence-corrected chi connectivity index (χ4v) is 4.42. The number of nitrogens with zero attached hydrogens (tertiary/aromatic N) is 3. The quantitative estimate of drug-likeness (QED) is 0.247. The van der Waals surface area contributed by atoms with E-state index in [1.54, 1.807) is 31.6 Å². The van der Waals surface area contributed by atoms with Crippen LogP contribution in [0, 0.1) is 6.92 Å². The summed E-state index contributed by atoms with van der Waals surface area (Å²) in [5.41, 5.74) is 2.58. The highest BCUT2D eigenvalue weighted by atomic mass is 32.2. The van der Waals surface area contributed by atoms with Crippen molar-refractivity contribution in [3.8, 4) is 22.9 Å². The number of furan rings is 1. The first-order valence-electron chi connectivity index (χ1n) is 10.5. The van der Waals surface area contributed by atoms with E-state index in [0.717, 1.165) is 22.7 Å². The number of hydrogen-bond acceptors (Lipinski definition) is 7. The molecule has 7 nitrogen and oxygen atoms in total. The SMILES string of the molecule is COc1ccc(C(=O)C(C)Sc2nnc(-c3cccc(C)c3)n2Cc2ccco2)c(OC)c1. The fraction of sp³-hybridized carbons (Fsp3) is 0.240. The monoisotopic (exact) mass is 463 g/mol. The summed E-state index contributed by atoms with van der Waals surface area (Å²) < 4.78 is 18.2. The van der Waals surface area contributed by atoms with Crippen LogP contribution in [-0.2, 0) is 6.54 Å². The molecule has 2 aromatic heterocycles. The Kier molecular flexibility index (Phi) is 6.84. The molecule has 0 saturated heterocycles. The van der Waals surface area contributed by atoms with Gasteiger partial charge in [0, 0.05) is 11.6 Å². The van der Waals surface area contributed by atoms with Gasteiger partial charge >= 0.3 is 0 Å². The first-order chi connectivity index (χ1) is 16.0. The number of methoxy groups -OCH3 is 2. The zero-order chi connectivity index (χ0) is 23.4. The maximum absolute atomic E-state index is 13.3. The molecule has 0 aliphatic rings. The van der Waals surface area contributed by atoms with Crippen molar-refractivity contribution in [3.05, 3.63) is 77.7 Å². The molecule has 1 unspecified atom stereocenters. The number of ether oxygens (including phenoxy) is 2. The number of carbonyl (C=O) groups is 1. The van der Waals surface area contributed by atoms with Crippen molar-refractivity contribution in [1.82, 2.24) is 14.8 Å². The van der Waals surface area contributed by atoms with Gasteiger partial charge in [0.1, 0.15) is 17.3 Å². The molecule has 1 atom stereocenters. The summed E-state index contributed by atoms with van der Waals surface area (Å²) in [6, 6.07) is 17.0. The van der Waals surface area contributed by atoms with E-state index < -0.39 is 5.25 Å². The number of rotatable bonds is 9. The molecule has 2 aromatic carbocycles. The Balaban J connectivity index is 1.65. The minimum absolute atomic E-state index is 0.0656. The Morgan fingerprint density at radius 3 is 2.64 bits per heavy atom. The van der Waals surface area contributed by atoms with E-state index in [2.05, 4.69) is 16.3 Å². The average molecular weight is 464 g/mol. The first kappa shape index (κ1) is 22.7. The van der Waals surface area contributed by atoms with Crippen molar-refractivity contribution in [2.75, 3.05) is 14.2 Å². The van der Waals surface area contributed by atoms with Gasteiger partial charge in [-0.3, -0.25) is 9.36 Å². The predicted octanol–water partition coefficient (Wildman–Crippen LogP) is 5.28. The van der Waals surface area contributed by atoms with Crippen LogP contribution >= 0.6 is 11.8 Å². The summed E-state index contributed by atoms with van der Waals surface area (Å²) in [7, 11) is 3.11. The Bertz CT molecular complexity index is 1250.